The van der Waals surface area contributed by atoms with E-state index in [1.165, 1.54) is 0 Å². The molecule has 0 aliphatic rings. The molecule has 10 heteroatoms. The maximum atomic E-state index is 12.8. The van der Waals surface area contributed by atoms with Crippen LogP contribution in [-0.2, 0) is 11.3 Å². The average Bonchev–Trinajstić information content (AvgIpc) is 2.55. The molecule has 160 valence electrons. The van der Waals surface area contributed by atoms with Crippen molar-refractivity contribution in [1.82, 2.24) is 16.0 Å². The largest absolute Gasteiger partial charge is 0.490 e. The lowest BCUT2D eigenvalue weighted by molar-refractivity contribution is -0.121. The quantitative estimate of drug-likeness (QED) is 0.283. The van der Waals surface area contributed by atoms with E-state index in [9.17, 15) is 13.6 Å². The predicted molar refractivity (Wildman–Crippen MR) is 116 cm³/mol. The van der Waals surface area contributed by atoms with Crippen molar-refractivity contribution in [2.75, 3.05) is 20.2 Å². The van der Waals surface area contributed by atoms with Crippen molar-refractivity contribution in [3.63, 3.8) is 0 Å². The molecule has 0 aromatic heterocycles. The van der Waals surface area contributed by atoms with E-state index < -0.39 is 6.61 Å². The molecule has 0 aliphatic carbocycles. The predicted octanol–water partition coefficient (Wildman–Crippen LogP) is 2.88. The molecule has 0 radical (unpaired) electrons. The SMILES string of the molecule is CCOc1cccc(CNC(=NC)NCC(=O)NC(C)(C)C)c1OC(F)F.I. The normalized spacial score (nSPS) is 11.5. The lowest BCUT2D eigenvalue weighted by Gasteiger charge is -2.21. The number of halogens is 3. The maximum absolute atomic E-state index is 12.8. The number of hydrogen-bond donors (Lipinski definition) is 3. The van der Waals surface area contributed by atoms with Gasteiger partial charge in [-0.15, -0.1) is 24.0 Å². The lowest BCUT2D eigenvalue weighted by atomic mass is 10.1. The summed E-state index contributed by atoms with van der Waals surface area (Å²) in [5, 5.41) is 8.65. The van der Waals surface area contributed by atoms with Gasteiger partial charge in [0.15, 0.2) is 17.5 Å². The van der Waals surface area contributed by atoms with Gasteiger partial charge in [-0.3, -0.25) is 9.79 Å². The summed E-state index contributed by atoms with van der Waals surface area (Å²) in [5.74, 6) is 0.377. The number of hydrogen-bond acceptors (Lipinski definition) is 4. The summed E-state index contributed by atoms with van der Waals surface area (Å²) >= 11 is 0. The second-order valence-corrected chi connectivity index (χ2v) is 6.63. The molecule has 0 atom stereocenters. The van der Waals surface area contributed by atoms with Crippen LogP contribution in [0.1, 0.15) is 33.3 Å². The molecule has 0 saturated carbocycles. The van der Waals surface area contributed by atoms with Gasteiger partial charge in [-0.1, -0.05) is 12.1 Å². The van der Waals surface area contributed by atoms with Crippen molar-refractivity contribution in [3.8, 4) is 11.5 Å². The van der Waals surface area contributed by atoms with Gasteiger partial charge in [-0.05, 0) is 33.8 Å². The summed E-state index contributed by atoms with van der Waals surface area (Å²) in [6.07, 6.45) is 0. The molecule has 1 aromatic rings. The Morgan fingerprint density at radius 1 is 1.25 bits per heavy atom. The van der Waals surface area contributed by atoms with Gasteiger partial charge in [-0.25, -0.2) is 0 Å². The molecular formula is C18H29F2IN4O3. The highest BCUT2D eigenvalue weighted by Gasteiger charge is 2.17. The maximum Gasteiger partial charge on any atom is 0.387 e. The zero-order valence-electron chi connectivity index (χ0n) is 16.8. The first-order chi connectivity index (χ1) is 12.7. The van der Waals surface area contributed by atoms with Crippen molar-refractivity contribution >= 4 is 35.8 Å². The fourth-order valence-corrected chi connectivity index (χ4v) is 2.22. The van der Waals surface area contributed by atoms with Crippen molar-refractivity contribution in [2.24, 2.45) is 4.99 Å². The summed E-state index contributed by atoms with van der Waals surface area (Å²) in [6.45, 7) is 4.94. The van der Waals surface area contributed by atoms with Crippen molar-refractivity contribution in [2.45, 2.75) is 46.4 Å². The van der Waals surface area contributed by atoms with E-state index in [1.807, 2.05) is 20.8 Å². The second-order valence-electron chi connectivity index (χ2n) is 6.63. The highest BCUT2D eigenvalue weighted by atomic mass is 127. The van der Waals surface area contributed by atoms with E-state index in [0.717, 1.165) is 0 Å². The van der Waals surface area contributed by atoms with Crippen LogP contribution in [0.25, 0.3) is 0 Å². The number of aliphatic imine (C=N–C) groups is 1. The van der Waals surface area contributed by atoms with E-state index in [-0.39, 0.29) is 60.0 Å². The van der Waals surface area contributed by atoms with Gasteiger partial charge < -0.3 is 25.4 Å². The van der Waals surface area contributed by atoms with Crippen LogP contribution < -0.4 is 25.4 Å². The number of nitrogens with one attached hydrogen (secondary N) is 3. The molecule has 7 nitrogen and oxygen atoms in total. The Morgan fingerprint density at radius 3 is 2.46 bits per heavy atom. The van der Waals surface area contributed by atoms with Gasteiger partial charge in [0.1, 0.15) is 0 Å². The fraction of sp³-hybridized carbons (Fsp3) is 0.556. The number of ether oxygens (including phenoxy) is 2. The second kappa shape index (κ2) is 12.6. The van der Waals surface area contributed by atoms with E-state index in [2.05, 4.69) is 25.7 Å². The summed E-state index contributed by atoms with van der Waals surface area (Å²) in [4.78, 5) is 15.9. The smallest absolute Gasteiger partial charge is 0.387 e. The third-order valence-corrected chi connectivity index (χ3v) is 3.17. The Hall–Kier alpha value is -1.85. The molecule has 3 N–H and O–H groups in total. The van der Waals surface area contributed by atoms with E-state index in [0.29, 0.717) is 18.1 Å². The molecule has 1 amide bonds. The highest BCUT2D eigenvalue weighted by Crippen LogP contribution is 2.32. The zero-order chi connectivity index (χ0) is 20.4. The minimum absolute atomic E-state index is 0. The number of guanidine groups is 1. The van der Waals surface area contributed by atoms with Crippen LogP contribution in [-0.4, -0.2) is 44.2 Å². The van der Waals surface area contributed by atoms with Crippen molar-refractivity contribution < 1.29 is 23.0 Å². The number of amides is 1. The van der Waals surface area contributed by atoms with Gasteiger partial charge in [0.2, 0.25) is 5.91 Å². The minimum Gasteiger partial charge on any atom is -0.490 e. The minimum atomic E-state index is -2.97. The molecule has 0 unspecified atom stereocenters. The monoisotopic (exact) mass is 514 g/mol. The third kappa shape index (κ3) is 9.90. The van der Waals surface area contributed by atoms with E-state index in [1.54, 1.807) is 32.2 Å². The fourth-order valence-electron chi connectivity index (χ4n) is 2.22. The van der Waals surface area contributed by atoms with Gasteiger partial charge in [0, 0.05) is 24.7 Å². The number of carbonyl (C=O) groups excluding carboxylic acids is 1. The Kier molecular flexibility index (Phi) is 11.7. The van der Waals surface area contributed by atoms with Crippen LogP contribution >= 0.6 is 24.0 Å². The molecule has 0 fully saturated rings. The van der Waals surface area contributed by atoms with Crippen molar-refractivity contribution in [3.05, 3.63) is 23.8 Å². The zero-order valence-corrected chi connectivity index (χ0v) is 19.1. The summed E-state index contributed by atoms with van der Waals surface area (Å²) < 4.78 is 35.5. The van der Waals surface area contributed by atoms with Gasteiger partial charge >= 0.3 is 6.61 Å². The molecule has 1 aromatic carbocycles. The Balaban J connectivity index is 0.00000729. The van der Waals surface area contributed by atoms with Crippen LogP contribution in [0.15, 0.2) is 23.2 Å². The number of benzene rings is 1. The number of rotatable bonds is 8. The first-order valence-corrected chi connectivity index (χ1v) is 8.61. The Labute approximate surface area is 181 Å². The number of para-hydroxylation sites is 1. The molecular weight excluding hydrogens is 485 g/mol. The lowest BCUT2D eigenvalue weighted by Crippen LogP contribution is -2.48. The number of alkyl halides is 2. The van der Waals surface area contributed by atoms with E-state index in [4.69, 9.17) is 4.74 Å². The molecule has 0 aliphatic heterocycles. The first kappa shape index (κ1) is 26.1. The standard InChI is InChI=1S/C18H28F2N4O3.HI/c1-6-26-13-9-7-8-12(15(13)27-16(19)20)10-22-17(21-5)23-11-14(25)24-18(2,3)4;/h7-9,16H,6,10-11H2,1-5H3,(H,24,25)(H2,21,22,23);1H. The molecule has 1 rings (SSSR count). The summed E-state index contributed by atoms with van der Waals surface area (Å²) in [6, 6.07) is 4.90. The molecule has 28 heavy (non-hydrogen) atoms. The summed E-state index contributed by atoms with van der Waals surface area (Å²) in [5.41, 5.74) is 0.139. The van der Waals surface area contributed by atoms with Gasteiger partial charge in [-0.2, -0.15) is 8.78 Å². The van der Waals surface area contributed by atoms with Crippen LogP contribution in [0.4, 0.5) is 8.78 Å². The molecule has 0 bridgehead atoms. The van der Waals surface area contributed by atoms with Crippen LogP contribution in [0.3, 0.4) is 0 Å². The Bertz CT molecular complexity index is 652. The van der Waals surface area contributed by atoms with Crippen LogP contribution in [0.2, 0.25) is 0 Å². The number of nitrogens with zero attached hydrogens (tertiary/aromatic N) is 1. The Morgan fingerprint density at radius 2 is 1.93 bits per heavy atom. The first-order valence-electron chi connectivity index (χ1n) is 8.61. The van der Waals surface area contributed by atoms with Gasteiger partial charge in [0.05, 0.1) is 13.2 Å². The third-order valence-electron chi connectivity index (χ3n) is 3.17. The highest BCUT2D eigenvalue weighted by molar-refractivity contribution is 14.0. The average molecular weight is 514 g/mol. The van der Waals surface area contributed by atoms with Crippen LogP contribution in [0.5, 0.6) is 11.5 Å². The molecule has 0 spiro atoms. The molecule has 0 heterocycles. The van der Waals surface area contributed by atoms with Crippen LogP contribution in [0, 0.1) is 0 Å². The summed E-state index contributed by atoms with van der Waals surface area (Å²) in [7, 11) is 1.55. The van der Waals surface area contributed by atoms with Gasteiger partial charge in [0.25, 0.3) is 0 Å². The van der Waals surface area contributed by atoms with E-state index >= 15 is 0 Å². The number of carbonyl (C=O) groups is 1. The van der Waals surface area contributed by atoms with Crippen molar-refractivity contribution in [1.29, 1.82) is 0 Å². The topological polar surface area (TPSA) is 84.0 Å². The molecule has 0 saturated heterocycles.